The van der Waals surface area contributed by atoms with Crippen LogP contribution in [0.5, 0.6) is 0 Å². The van der Waals surface area contributed by atoms with Gasteiger partial charge in [0.1, 0.15) is 6.07 Å². The summed E-state index contributed by atoms with van der Waals surface area (Å²) in [5.41, 5.74) is 4.01. The minimum absolute atomic E-state index is 0.617. The molecule has 0 atom stereocenters. The van der Waals surface area contributed by atoms with E-state index in [-0.39, 0.29) is 0 Å². The van der Waals surface area contributed by atoms with Crippen LogP contribution >= 0.6 is 0 Å². The summed E-state index contributed by atoms with van der Waals surface area (Å²) in [6.45, 7) is 0.870. The van der Waals surface area contributed by atoms with Gasteiger partial charge in [0.05, 0.1) is 16.8 Å². The van der Waals surface area contributed by atoms with E-state index >= 15 is 0 Å². The van der Waals surface area contributed by atoms with Crippen molar-refractivity contribution in [2.24, 2.45) is 0 Å². The van der Waals surface area contributed by atoms with Gasteiger partial charge in [0.2, 0.25) is 0 Å². The van der Waals surface area contributed by atoms with Crippen molar-refractivity contribution in [3.8, 4) is 6.07 Å². The summed E-state index contributed by atoms with van der Waals surface area (Å²) in [5, 5.41) is 13.8. The lowest BCUT2D eigenvalue weighted by atomic mass is 9.97. The largest absolute Gasteiger partial charge is 0.383 e. The number of pyridine rings is 1. The second kappa shape index (κ2) is 6.41. The van der Waals surface area contributed by atoms with Crippen molar-refractivity contribution in [2.45, 2.75) is 32.1 Å². The van der Waals surface area contributed by atoms with Gasteiger partial charge >= 0.3 is 0 Å². The molecule has 1 aliphatic rings. The molecule has 0 unspecified atom stereocenters. The van der Waals surface area contributed by atoms with Gasteiger partial charge in [-0.05, 0) is 38.2 Å². The zero-order chi connectivity index (χ0) is 14.5. The van der Waals surface area contributed by atoms with Gasteiger partial charge in [0, 0.05) is 18.1 Å². The number of para-hydroxylation sites is 1. The number of rotatable bonds is 4. The molecule has 1 heterocycles. The van der Waals surface area contributed by atoms with Crippen LogP contribution < -0.4 is 5.32 Å². The minimum atomic E-state index is 0.617. The highest BCUT2D eigenvalue weighted by Crippen LogP contribution is 2.26. The Hall–Kier alpha value is -2.34. The summed E-state index contributed by atoms with van der Waals surface area (Å²) in [4.78, 5) is 4.34. The molecule has 1 aromatic heterocycles. The first-order chi connectivity index (χ1) is 10.4. The second-order valence-corrected chi connectivity index (χ2v) is 5.46. The zero-order valence-corrected chi connectivity index (χ0v) is 12.1. The summed E-state index contributed by atoms with van der Waals surface area (Å²) in [6.07, 6.45) is 10.2. The Morgan fingerprint density at radius 3 is 2.95 bits per heavy atom. The van der Waals surface area contributed by atoms with E-state index in [9.17, 15) is 5.26 Å². The molecule has 1 aromatic carbocycles. The Morgan fingerprint density at radius 2 is 2.14 bits per heavy atom. The molecule has 0 fully saturated rings. The highest BCUT2D eigenvalue weighted by atomic mass is 14.9. The first-order valence-electron chi connectivity index (χ1n) is 7.58. The van der Waals surface area contributed by atoms with Crippen LogP contribution in [0, 0.1) is 11.3 Å². The molecule has 1 aliphatic carbocycles. The Morgan fingerprint density at radius 1 is 1.24 bits per heavy atom. The predicted octanol–water partition coefficient (Wildman–Crippen LogP) is 4.41. The van der Waals surface area contributed by atoms with Crippen LogP contribution in [-0.4, -0.2) is 11.5 Å². The van der Waals surface area contributed by atoms with E-state index in [1.165, 1.54) is 25.7 Å². The van der Waals surface area contributed by atoms with E-state index in [1.807, 2.05) is 24.3 Å². The Bertz CT molecular complexity index is 710. The summed E-state index contributed by atoms with van der Waals surface area (Å²) in [7, 11) is 0. The monoisotopic (exact) mass is 277 g/mol. The van der Waals surface area contributed by atoms with Gasteiger partial charge in [-0.25, -0.2) is 0 Å². The zero-order valence-electron chi connectivity index (χ0n) is 12.1. The van der Waals surface area contributed by atoms with E-state index in [2.05, 4.69) is 22.4 Å². The van der Waals surface area contributed by atoms with Crippen LogP contribution in [0.15, 0.2) is 42.1 Å². The molecule has 0 aliphatic heterocycles. The van der Waals surface area contributed by atoms with Gasteiger partial charge in [-0.2, -0.15) is 5.26 Å². The van der Waals surface area contributed by atoms with Gasteiger partial charge in [-0.3, -0.25) is 4.98 Å². The molecule has 2 aromatic rings. The van der Waals surface area contributed by atoms with Crippen LogP contribution in [0.2, 0.25) is 0 Å². The number of hydrogen-bond donors (Lipinski definition) is 1. The number of benzene rings is 1. The molecular weight excluding hydrogens is 258 g/mol. The third kappa shape index (κ3) is 3.05. The number of allylic oxidation sites excluding steroid dienone is 1. The third-order valence-electron chi connectivity index (χ3n) is 4.03. The number of hydrogen-bond acceptors (Lipinski definition) is 3. The van der Waals surface area contributed by atoms with Crippen LogP contribution in [0.1, 0.15) is 37.7 Å². The number of anilines is 1. The van der Waals surface area contributed by atoms with Gasteiger partial charge in [0.25, 0.3) is 0 Å². The molecule has 3 heteroatoms. The van der Waals surface area contributed by atoms with E-state index in [0.29, 0.717) is 5.56 Å². The highest BCUT2D eigenvalue weighted by Gasteiger charge is 2.09. The number of fused-ring (bicyclic) bond motifs is 1. The van der Waals surface area contributed by atoms with Crippen LogP contribution in [0.25, 0.3) is 10.9 Å². The molecule has 0 radical (unpaired) electrons. The van der Waals surface area contributed by atoms with Gasteiger partial charge < -0.3 is 5.32 Å². The first-order valence-corrected chi connectivity index (χ1v) is 7.58. The summed E-state index contributed by atoms with van der Waals surface area (Å²) >= 11 is 0. The van der Waals surface area contributed by atoms with E-state index < -0.39 is 0 Å². The van der Waals surface area contributed by atoms with Crippen molar-refractivity contribution < 1.29 is 0 Å². The Kier molecular flexibility index (Phi) is 4.16. The maximum atomic E-state index is 9.28. The fraction of sp³-hybridized carbons (Fsp3) is 0.333. The molecule has 0 amide bonds. The van der Waals surface area contributed by atoms with E-state index in [0.717, 1.165) is 29.6 Å². The average Bonchev–Trinajstić information content (AvgIpc) is 2.56. The summed E-state index contributed by atoms with van der Waals surface area (Å²) < 4.78 is 0. The van der Waals surface area contributed by atoms with Crippen molar-refractivity contribution in [1.29, 1.82) is 5.26 Å². The highest BCUT2D eigenvalue weighted by molar-refractivity contribution is 5.93. The lowest BCUT2D eigenvalue weighted by molar-refractivity contribution is 0.679. The lowest BCUT2D eigenvalue weighted by Crippen LogP contribution is -2.06. The van der Waals surface area contributed by atoms with Crippen molar-refractivity contribution >= 4 is 16.6 Å². The second-order valence-electron chi connectivity index (χ2n) is 5.46. The standard InChI is InChI=1S/C18H19N3/c19-12-15-13-21-17-9-5-4-8-16(17)18(15)20-11-10-14-6-2-1-3-7-14/h4-6,8-9,13H,1-3,7,10-11H2,(H,20,21). The van der Waals surface area contributed by atoms with E-state index in [1.54, 1.807) is 11.8 Å². The molecule has 106 valence electrons. The molecule has 21 heavy (non-hydrogen) atoms. The molecule has 0 saturated heterocycles. The SMILES string of the molecule is N#Cc1cnc2ccccc2c1NCCC1=CCCCC1. The molecule has 3 nitrogen and oxygen atoms in total. The first kappa shape index (κ1) is 13.6. The van der Waals surface area contributed by atoms with Gasteiger partial charge in [-0.1, -0.05) is 29.8 Å². The number of nitrogens with zero attached hydrogens (tertiary/aromatic N) is 2. The topological polar surface area (TPSA) is 48.7 Å². The van der Waals surface area contributed by atoms with Gasteiger partial charge in [0.15, 0.2) is 0 Å². The molecule has 3 rings (SSSR count). The maximum Gasteiger partial charge on any atom is 0.103 e. The normalized spacial score (nSPS) is 14.5. The van der Waals surface area contributed by atoms with E-state index in [4.69, 9.17) is 0 Å². The number of aromatic nitrogens is 1. The molecule has 0 bridgehead atoms. The third-order valence-corrected chi connectivity index (χ3v) is 4.03. The molecular formula is C18H19N3. The van der Waals surface area contributed by atoms with Crippen LogP contribution in [-0.2, 0) is 0 Å². The molecule has 0 spiro atoms. The summed E-state index contributed by atoms with van der Waals surface area (Å²) in [6, 6.07) is 10.2. The lowest BCUT2D eigenvalue weighted by Gasteiger charge is -2.15. The molecule has 1 N–H and O–H groups in total. The van der Waals surface area contributed by atoms with Crippen molar-refractivity contribution in [1.82, 2.24) is 4.98 Å². The fourth-order valence-corrected chi connectivity index (χ4v) is 2.90. The predicted molar refractivity (Wildman–Crippen MR) is 86.1 cm³/mol. The van der Waals surface area contributed by atoms with Gasteiger partial charge in [-0.15, -0.1) is 0 Å². The Balaban J connectivity index is 1.79. The Labute approximate surface area is 125 Å². The summed E-state index contributed by atoms with van der Waals surface area (Å²) in [5.74, 6) is 0. The quantitative estimate of drug-likeness (QED) is 0.842. The van der Waals surface area contributed by atoms with Crippen molar-refractivity contribution in [3.05, 3.63) is 47.7 Å². The maximum absolute atomic E-state index is 9.28. The van der Waals surface area contributed by atoms with Crippen LogP contribution in [0.3, 0.4) is 0 Å². The minimum Gasteiger partial charge on any atom is -0.383 e. The average molecular weight is 277 g/mol. The fourth-order valence-electron chi connectivity index (χ4n) is 2.90. The number of nitriles is 1. The molecule has 0 saturated carbocycles. The smallest absolute Gasteiger partial charge is 0.103 e. The van der Waals surface area contributed by atoms with Crippen molar-refractivity contribution in [3.63, 3.8) is 0 Å². The van der Waals surface area contributed by atoms with Crippen LogP contribution in [0.4, 0.5) is 5.69 Å². The van der Waals surface area contributed by atoms with Crippen molar-refractivity contribution in [2.75, 3.05) is 11.9 Å². The number of nitrogens with one attached hydrogen (secondary N) is 1.